The van der Waals surface area contributed by atoms with E-state index < -0.39 is 0 Å². The normalized spacial score (nSPS) is 26.1. The van der Waals surface area contributed by atoms with Gasteiger partial charge in [-0.1, -0.05) is 36.4 Å². The molecule has 4 rings (SSSR count). The predicted molar refractivity (Wildman–Crippen MR) is 59.7 cm³/mol. The second kappa shape index (κ2) is 2.50. The van der Waals surface area contributed by atoms with Gasteiger partial charge in [-0.05, 0) is 34.0 Å². The molecule has 0 unspecified atom stereocenters. The lowest BCUT2D eigenvalue weighted by molar-refractivity contribution is 0.0879. The van der Waals surface area contributed by atoms with Crippen LogP contribution in [0.25, 0.3) is 10.8 Å². The molecule has 2 bridgehead atoms. The fourth-order valence-corrected chi connectivity index (χ4v) is 2.57. The summed E-state index contributed by atoms with van der Waals surface area (Å²) < 4.78 is 5.80. The third-order valence-corrected chi connectivity index (χ3v) is 3.32. The Hall–Kier alpha value is -1.60. The van der Waals surface area contributed by atoms with Crippen LogP contribution in [0.15, 0.2) is 48.6 Å². The highest BCUT2D eigenvalue weighted by molar-refractivity contribution is 5.85. The van der Waals surface area contributed by atoms with Crippen LogP contribution < -0.4 is 0 Å². The lowest BCUT2D eigenvalue weighted by Crippen LogP contribution is -1.92. The van der Waals surface area contributed by atoms with Gasteiger partial charge in [-0.25, -0.2) is 0 Å². The largest absolute Gasteiger partial charge is 0.357 e. The minimum Gasteiger partial charge on any atom is -0.357 e. The second-order valence-corrected chi connectivity index (χ2v) is 4.19. The summed E-state index contributed by atoms with van der Waals surface area (Å²) in [6.07, 6.45) is 4.72. The molecule has 0 radical (unpaired) electrons. The monoisotopic (exact) mass is 194 g/mol. The van der Waals surface area contributed by atoms with Crippen LogP contribution in [-0.4, -0.2) is 0 Å². The van der Waals surface area contributed by atoms with Gasteiger partial charge in [0.1, 0.15) is 12.2 Å². The molecule has 2 heterocycles. The SMILES string of the molecule is C1=C[C@H]2O[C@@H]1c1cc3ccccc3cc12. The summed E-state index contributed by atoms with van der Waals surface area (Å²) in [7, 11) is 0. The molecule has 0 spiro atoms. The molecule has 1 nitrogen and oxygen atoms in total. The van der Waals surface area contributed by atoms with Gasteiger partial charge in [0.2, 0.25) is 0 Å². The smallest absolute Gasteiger partial charge is 0.102 e. The minimum atomic E-state index is 0.203. The lowest BCUT2D eigenvalue weighted by Gasteiger charge is -2.08. The average Bonchev–Trinajstić information content (AvgIpc) is 2.87. The summed E-state index contributed by atoms with van der Waals surface area (Å²) in [5.74, 6) is 0. The molecule has 1 heteroatoms. The van der Waals surface area contributed by atoms with E-state index in [9.17, 15) is 0 Å². The molecule has 2 aromatic rings. The highest BCUT2D eigenvalue weighted by atomic mass is 16.5. The first-order chi connectivity index (χ1) is 7.42. The van der Waals surface area contributed by atoms with E-state index in [2.05, 4.69) is 48.6 Å². The van der Waals surface area contributed by atoms with Crippen LogP contribution in [0.3, 0.4) is 0 Å². The molecule has 0 saturated carbocycles. The van der Waals surface area contributed by atoms with Crippen LogP contribution in [0.1, 0.15) is 23.3 Å². The van der Waals surface area contributed by atoms with Gasteiger partial charge in [0, 0.05) is 0 Å². The fourth-order valence-electron chi connectivity index (χ4n) is 2.57. The Bertz CT molecular complexity index is 532. The van der Waals surface area contributed by atoms with Crippen LogP contribution in [-0.2, 0) is 4.74 Å². The van der Waals surface area contributed by atoms with E-state index in [1.165, 1.54) is 21.9 Å². The molecular weight excluding hydrogens is 184 g/mol. The zero-order valence-corrected chi connectivity index (χ0v) is 8.18. The van der Waals surface area contributed by atoms with E-state index >= 15 is 0 Å². The summed E-state index contributed by atoms with van der Waals surface area (Å²) in [6, 6.07) is 13.0. The Morgan fingerprint density at radius 2 is 1.33 bits per heavy atom. The topological polar surface area (TPSA) is 9.23 Å². The Balaban J connectivity index is 2.09. The van der Waals surface area contributed by atoms with Crippen LogP contribution in [0.2, 0.25) is 0 Å². The highest BCUT2D eigenvalue weighted by Gasteiger charge is 2.33. The first-order valence-corrected chi connectivity index (χ1v) is 5.28. The number of ether oxygens (including phenoxy) is 1. The van der Waals surface area contributed by atoms with Crippen LogP contribution in [0, 0.1) is 0 Å². The number of fused-ring (bicyclic) bond motifs is 6. The molecule has 0 N–H and O–H groups in total. The average molecular weight is 194 g/mol. The predicted octanol–water partition coefficient (Wildman–Crippen LogP) is 3.52. The third kappa shape index (κ3) is 0.910. The van der Waals surface area contributed by atoms with Gasteiger partial charge in [-0.15, -0.1) is 0 Å². The molecule has 2 aromatic carbocycles. The molecule has 72 valence electrons. The van der Waals surface area contributed by atoms with E-state index in [1.807, 2.05) is 0 Å². The summed E-state index contributed by atoms with van der Waals surface area (Å²) in [5.41, 5.74) is 2.70. The standard InChI is InChI=1S/C14H10O/c1-2-4-10-8-12-11(7-9(10)3-1)13-5-6-14(12)15-13/h1-8,13-14H/t13-,14+. The van der Waals surface area contributed by atoms with Crippen LogP contribution in [0.4, 0.5) is 0 Å². The molecule has 0 aromatic heterocycles. The van der Waals surface area contributed by atoms with E-state index in [0.717, 1.165) is 0 Å². The van der Waals surface area contributed by atoms with Crippen molar-refractivity contribution < 1.29 is 4.74 Å². The molecule has 15 heavy (non-hydrogen) atoms. The lowest BCUT2D eigenvalue weighted by atomic mass is 9.93. The summed E-state index contributed by atoms with van der Waals surface area (Å²) >= 11 is 0. The van der Waals surface area contributed by atoms with E-state index in [0.29, 0.717) is 0 Å². The van der Waals surface area contributed by atoms with Gasteiger partial charge in [-0.2, -0.15) is 0 Å². The zero-order valence-electron chi connectivity index (χ0n) is 8.18. The van der Waals surface area contributed by atoms with E-state index in [-0.39, 0.29) is 12.2 Å². The molecule has 2 aliphatic heterocycles. The minimum absolute atomic E-state index is 0.203. The first-order valence-electron chi connectivity index (χ1n) is 5.28. The molecule has 0 amide bonds. The van der Waals surface area contributed by atoms with Crippen molar-refractivity contribution in [2.45, 2.75) is 12.2 Å². The second-order valence-electron chi connectivity index (χ2n) is 4.19. The maximum absolute atomic E-state index is 5.80. The zero-order chi connectivity index (χ0) is 9.83. The molecule has 0 aliphatic carbocycles. The molecule has 0 fully saturated rings. The van der Waals surface area contributed by atoms with Gasteiger partial charge in [0.15, 0.2) is 0 Å². The molecule has 0 saturated heterocycles. The Kier molecular flexibility index (Phi) is 1.28. The Labute approximate surface area is 88.0 Å². The maximum Gasteiger partial charge on any atom is 0.102 e. The van der Waals surface area contributed by atoms with Crippen molar-refractivity contribution in [2.24, 2.45) is 0 Å². The van der Waals surface area contributed by atoms with Crippen molar-refractivity contribution in [3.8, 4) is 0 Å². The van der Waals surface area contributed by atoms with Crippen molar-refractivity contribution in [3.63, 3.8) is 0 Å². The number of hydrogen-bond donors (Lipinski definition) is 0. The summed E-state index contributed by atoms with van der Waals surface area (Å²) in [5, 5.41) is 2.61. The van der Waals surface area contributed by atoms with Crippen molar-refractivity contribution in [1.82, 2.24) is 0 Å². The van der Waals surface area contributed by atoms with Crippen molar-refractivity contribution in [3.05, 3.63) is 59.7 Å². The van der Waals surface area contributed by atoms with Crippen molar-refractivity contribution >= 4 is 10.8 Å². The van der Waals surface area contributed by atoms with Gasteiger partial charge in [0.05, 0.1) is 0 Å². The van der Waals surface area contributed by atoms with E-state index in [4.69, 9.17) is 4.74 Å². The third-order valence-electron chi connectivity index (χ3n) is 3.32. The maximum atomic E-state index is 5.80. The highest BCUT2D eigenvalue weighted by Crippen LogP contribution is 2.46. The van der Waals surface area contributed by atoms with Crippen LogP contribution >= 0.6 is 0 Å². The van der Waals surface area contributed by atoms with Gasteiger partial charge in [0.25, 0.3) is 0 Å². The fraction of sp³-hybridized carbons (Fsp3) is 0.143. The summed E-state index contributed by atoms with van der Waals surface area (Å²) in [4.78, 5) is 0. The number of benzene rings is 2. The van der Waals surface area contributed by atoms with Gasteiger partial charge < -0.3 is 4.74 Å². The van der Waals surface area contributed by atoms with Crippen molar-refractivity contribution in [1.29, 1.82) is 0 Å². The molecule has 2 atom stereocenters. The van der Waals surface area contributed by atoms with Gasteiger partial charge >= 0.3 is 0 Å². The van der Waals surface area contributed by atoms with Crippen LogP contribution in [0.5, 0.6) is 0 Å². The number of hydrogen-bond acceptors (Lipinski definition) is 1. The Morgan fingerprint density at radius 3 is 1.87 bits per heavy atom. The number of rotatable bonds is 0. The van der Waals surface area contributed by atoms with Gasteiger partial charge in [-0.3, -0.25) is 0 Å². The Morgan fingerprint density at radius 1 is 0.800 bits per heavy atom. The molecule has 2 aliphatic rings. The first kappa shape index (κ1) is 7.66. The summed E-state index contributed by atoms with van der Waals surface area (Å²) in [6.45, 7) is 0. The quantitative estimate of drug-likeness (QED) is 0.583. The van der Waals surface area contributed by atoms with E-state index in [1.54, 1.807) is 0 Å². The van der Waals surface area contributed by atoms with Crippen molar-refractivity contribution in [2.75, 3.05) is 0 Å². The molecular formula is C14H10O.